The normalized spacial score (nSPS) is 13.2. The zero-order chi connectivity index (χ0) is 20.3. The van der Waals surface area contributed by atoms with Crippen molar-refractivity contribution in [3.05, 3.63) is 0 Å². The van der Waals surface area contributed by atoms with Gasteiger partial charge in [0.1, 0.15) is 6.29 Å². The minimum Gasteiger partial charge on any atom is -0.394 e. The molecular weight excluding hydrogens is 324 g/mol. The summed E-state index contributed by atoms with van der Waals surface area (Å²) in [6.45, 7) is 14.3. The van der Waals surface area contributed by atoms with Crippen molar-refractivity contribution < 1.29 is 29.6 Å². The summed E-state index contributed by atoms with van der Waals surface area (Å²) in [5, 5.41) is 25.4. The van der Waals surface area contributed by atoms with E-state index in [0.29, 0.717) is 12.3 Å². The van der Waals surface area contributed by atoms with Crippen LogP contribution in [0.3, 0.4) is 0 Å². The number of carbonyl (C=O) groups excluding carboxylic acids is 1. The highest BCUT2D eigenvalue weighted by Crippen LogP contribution is 2.16. The van der Waals surface area contributed by atoms with Crippen LogP contribution in [0.2, 0.25) is 0 Å². The Hall–Kier alpha value is -0.530. The van der Waals surface area contributed by atoms with Crippen LogP contribution < -0.4 is 0 Å². The van der Waals surface area contributed by atoms with Gasteiger partial charge in [0.05, 0.1) is 18.3 Å². The molecule has 6 nitrogen and oxygen atoms in total. The summed E-state index contributed by atoms with van der Waals surface area (Å²) in [6, 6.07) is 0. The molecule has 6 heteroatoms. The molecule has 0 aromatic rings. The molecule has 25 heavy (non-hydrogen) atoms. The number of rotatable bonds is 11. The Morgan fingerprint density at radius 3 is 1.80 bits per heavy atom. The smallest absolute Gasteiger partial charge is 0.154 e. The SMILES string of the molecule is CC(CC=O)CCCC(C)(C)O.CC(O)CO.CCOC(C)OCC. The zero-order valence-electron chi connectivity index (χ0n) is 17.3. The van der Waals surface area contributed by atoms with Crippen molar-refractivity contribution in [1.29, 1.82) is 0 Å². The molecule has 0 bridgehead atoms. The maximum atomic E-state index is 10.1. The van der Waals surface area contributed by atoms with Gasteiger partial charge in [-0.3, -0.25) is 0 Å². The van der Waals surface area contributed by atoms with Crippen molar-refractivity contribution in [2.45, 2.75) is 92.1 Å². The molecule has 0 aromatic heterocycles. The minimum atomic E-state index is -0.560. The molecule has 0 aliphatic rings. The Bertz CT molecular complexity index is 257. The summed E-state index contributed by atoms with van der Waals surface area (Å²) in [4.78, 5) is 10.1. The van der Waals surface area contributed by atoms with Crippen LogP contribution in [0.25, 0.3) is 0 Å². The van der Waals surface area contributed by atoms with E-state index in [1.807, 2.05) is 34.6 Å². The van der Waals surface area contributed by atoms with Gasteiger partial charge in [-0.25, -0.2) is 0 Å². The number of hydrogen-bond donors (Lipinski definition) is 3. The molecule has 0 saturated heterocycles. The van der Waals surface area contributed by atoms with E-state index in [1.54, 1.807) is 0 Å². The van der Waals surface area contributed by atoms with Crippen LogP contribution in [-0.4, -0.2) is 59.4 Å². The van der Waals surface area contributed by atoms with E-state index in [-0.39, 0.29) is 12.9 Å². The van der Waals surface area contributed by atoms with E-state index < -0.39 is 11.7 Å². The van der Waals surface area contributed by atoms with Gasteiger partial charge in [0.15, 0.2) is 6.29 Å². The van der Waals surface area contributed by atoms with Crippen LogP contribution in [0.4, 0.5) is 0 Å². The Kier molecular flexibility index (Phi) is 23.1. The van der Waals surface area contributed by atoms with Crippen LogP contribution in [0, 0.1) is 5.92 Å². The predicted octanol–water partition coefficient (Wildman–Crippen LogP) is 2.92. The summed E-state index contributed by atoms with van der Waals surface area (Å²) in [5.74, 6) is 0.463. The minimum absolute atomic E-state index is 0.0370. The average molecular weight is 367 g/mol. The first-order valence-corrected chi connectivity index (χ1v) is 9.22. The predicted molar refractivity (Wildman–Crippen MR) is 101 cm³/mol. The number of aliphatic hydroxyl groups is 3. The highest BCUT2D eigenvalue weighted by molar-refractivity contribution is 5.49. The van der Waals surface area contributed by atoms with Gasteiger partial charge in [0, 0.05) is 19.6 Å². The monoisotopic (exact) mass is 366 g/mol. The van der Waals surface area contributed by atoms with Crippen molar-refractivity contribution in [2.75, 3.05) is 19.8 Å². The third-order valence-corrected chi connectivity index (χ3v) is 3.05. The van der Waals surface area contributed by atoms with Gasteiger partial charge >= 0.3 is 0 Å². The van der Waals surface area contributed by atoms with Crippen LogP contribution in [0.15, 0.2) is 0 Å². The molecule has 0 aromatic carbocycles. The molecular formula is C19H42O6. The highest BCUT2D eigenvalue weighted by atomic mass is 16.7. The van der Waals surface area contributed by atoms with Gasteiger partial charge < -0.3 is 29.6 Å². The largest absolute Gasteiger partial charge is 0.394 e. The third kappa shape index (κ3) is 35.4. The molecule has 0 rings (SSSR count). The second kappa shape index (κ2) is 19.8. The molecule has 0 fully saturated rings. The number of ether oxygens (including phenoxy) is 2. The lowest BCUT2D eigenvalue weighted by atomic mass is 9.96. The van der Waals surface area contributed by atoms with E-state index in [2.05, 4.69) is 6.92 Å². The number of aldehydes is 1. The molecule has 2 unspecified atom stereocenters. The van der Waals surface area contributed by atoms with Crippen molar-refractivity contribution in [3.8, 4) is 0 Å². The summed E-state index contributed by atoms with van der Waals surface area (Å²) >= 11 is 0. The summed E-state index contributed by atoms with van der Waals surface area (Å²) in [6.07, 6.45) is 3.86. The molecule has 154 valence electrons. The van der Waals surface area contributed by atoms with Crippen molar-refractivity contribution in [3.63, 3.8) is 0 Å². The van der Waals surface area contributed by atoms with Crippen LogP contribution >= 0.6 is 0 Å². The van der Waals surface area contributed by atoms with Crippen LogP contribution in [0.5, 0.6) is 0 Å². The number of carbonyl (C=O) groups is 1. The Morgan fingerprint density at radius 1 is 1.08 bits per heavy atom. The lowest BCUT2D eigenvalue weighted by Crippen LogP contribution is -2.18. The summed E-state index contributed by atoms with van der Waals surface area (Å²) in [7, 11) is 0. The molecule has 0 spiro atoms. The van der Waals surface area contributed by atoms with Gasteiger partial charge in [-0.1, -0.05) is 19.8 Å². The first-order valence-electron chi connectivity index (χ1n) is 9.22. The zero-order valence-corrected chi connectivity index (χ0v) is 17.3. The average Bonchev–Trinajstić information content (AvgIpc) is 2.48. The second-order valence-corrected chi connectivity index (χ2v) is 6.72. The maximum Gasteiger partial charge on any atom is 0.154 e. The third-order valence-electron chi connectivity index (χ3n) is 3.05. The standard InChI is InChI=1S/C10H20O2.C6H14O2.C3H8O2/c1-9(6-8-11)5-4-7-10(2,3)12;1-4-7-6(3)8-5-2;1-3(5)2-4/h8-9,12H,4-7H2,1-3H3;6H,4-5H2,1-3H3;3-5H,2H2,1H3. The Balaban J connectivity index is -0.000000321. The van der Waals surface area contributed by atoms with E-state index >= 15 is 0 Å². The van der Waals surface area contributed by atoms with Gasteiger partial charge in [-0.2, -0.15) is 0 Å². The van der Waals surface area contributed by atoms with E-state index in [9.17, 15) is 9.90 Å². The fourth-order valence-corrected chi connectivity index (χ4v) is 1.68. The van der Waals surface area contributed by atoms with Crippen molar-refractivity contribution in [2.24, 2.45) is 5.92 Å². The fraction of sp³-hybridized carbons (Fsp3) is 0.947. The molecule has 0 saturated carbocycles. The molecule has 3 N–H and O–H groups in total. The van der Waals surface area contributed by atoms with Gasteiger partial charge in [-0.15, -0.1) is 0 Å². The first kappa shape index (κ1) is 29.2. The summed E-state index contributed by atoms with van der Waals surface area (Å²) < 4.78 is 10.1. The van der Waals surface area contributed by atoms with Crippen LogP contribution in [0.1, 0.15) is 74.1 Å². The molecule has 2 atom stereocenters. The first-order chi connectivity index (χ1) is 11.5. The van der Waals surface area contributed by atoms with Crippen molar-refractivity contribution in [1.82, 2.24) is 0 Å². The highest BCUT2D eigenvalue weighted by Gasteiger charge is 2.12. The molecule has 0 amide bonds. The topological polar surface area (TPSA) is 96.2 Å². The van der Waals surface area contributed by atoms with E-state index in [0.717, 1.165) is 38.8 Å². The molecule has 0 heterocycles. The fourth-order valence-electron chi connectivity index (χ4n) is 1.68. The lowest BCUT2D eigenvalue weighted by Gasteiger charge is -2.17. The van der Waals surface area contributed by atoms with Gasteiger partial charge in [-0.05, 0) is 53.9 Å². The quantitative estimate of drug-likeness (QED) is 0.384. The lowest BCUT2D eigenvalue weighted by molar-refractivity contribution is -0.123. The Morgan fingerprint density at radius 2 is 1.52 bits per heavy atom. The van der Waals surface area contributed by atoms with Crippen molar-refractivity contribution >= 4 is 6.29 Å². The van der Waals surface area contributed by atoms with Gasteiger partial charge in [0.2, 0.25) is 0 Å². The van der Waals surface area contributed by atoms with Gasteiger partial charge in [0.25, 0.3) is 0 Å². The number of aliphatic hydroxyl groups excluding tert-OH is 2. The second-order valence-electron chi connectivity index (χ2n) is 6.72. The maximum absolute atomic E-state index is 10.1. The van der Waals surface area contributed by atoms with Crippen LogP contribution in [-0.2, 0) is 14.3 Å². The molecule has 0 aliphatic heterocycles. The molecule has 0 radical (unpaired) electrons. The van der Waals surface area contributed by atoms with E-state index in [4.69, 9.17) is 19.7 Å². The Labute approximate surface area is 154 Å². The number of hydrogen-bond acceptors (Lipinski definition) is 6. The summed E-state index contributed by atoms with van der Waals surface area (Å²) in [5.41, 5.74) is -0.555. The van der Waals surface area contributed by atoms with E-state index in [1.165, 1.54) is 6.92 Å². The molecule has 0 aliphatic carbocycles.